The van der Waals surface area contributed by atoms with Crippen molar-refractivity contribution in [2.75, 3.05) is 7.11 Å². The third kappa shape index (κ3) is 4.14. The lowest BCUT2D eigenvalue weighted by atomic mass is 9.88. The molecule has 0 fully saturated rings. The molecule has 0 aliphatic heterocycles. The third-order valence-electron chi connectivity index (χ3n) is 5.21. The Morgan fingerprint density at radius 3 is 2.67 bits per heavy atom. The molecule has 1 N–H and O–H groups in total. The first kappa shape index (κ1) is 19.9. The number of hydrogen-bond donors (Lipinski definition) is 1. The van der Waals surface area contributed by atoms with Crippen molar-refractivity contribution >= 4 is 22.3 Å². The van der Waals surface area contributed by atoms with Gasteiger partial charge >= 0.3 is 0 Å². The fraction of sp³-hybridized carbons (Fsp3) is 0.192. The molecular formula is C26H25NO3. The number of aliphatic hydroxyl groups excluding tert-OH is 1. The maximum absolute atomic E-state index is 11.1. The maximum atomic E-state index is 11.1. The fourth-order valence-electron chi connectivity index (χ4n) is 3.68. The van der Waals surface area contributed by atoms with Crippen LogP contribution in [0.4, 0.5) is 0 Å². The molecule has 1 aliphatic carbocycles. The molecule has 0 saturated carbocycles. The monoisotopic (exact) mass is 399 g/mol. The summed E-state index contributed by atoms with van der Waals surface area (Å²) in [4.78, 5) is 4.72. The smallest absolute Gasteiger partial charge is 0.134 e. The van der Waals surface area contributed by atoms with Gasteiger partial charge in [-0.15, -0.1) is 6.58 Å². The number of nitrogens with zero attached hydrogens (tertiary/aromatic N) is 1. The lowest BCUT2D eigenvalue weighted by Gasteiger charge is -2.22. The second-order valence-electron chi connectivity index (χ2n) is 7.41. The Bertz CT molecular complexity index is 1160. The summed E-state index contributed by atoms with van der Waals surface area (Å²) in [6, 6.07) is 15.8. The molecule has 4 nitrogen and oxygen atoms in total. The summed E-state index contributed by atoms with van der Waals surface area (Å²) in [5.41, 5.74) is 5.43. The van der Waals surface area contributed by atoms with Crippen LogP contribution in [0.25, 0.3) is 16.5 Å². The van der Waals surface area contributed by atoms with E-state index in [1.165, 1.54) is 0 Å². The molecule has 152 valence electrons. The molecule has 2 aromatic carbocycles. The average Bonchev–Trinajstić information content (AvgIpc) is 3.13. The Kier molecular flexibility index (Phi) is 5.68. The highest BCUT2D eigenvalue weighted by atomic mass is 16.5. The van der Waals surface area contributed by atoms with Crippen LogP contribution >= 0.6 is 0 Å². The molecule has 1 aromatic heterocycles. The van der Waals surface area contributed by atoms with Crippen molar-refractivity contribution in [2.24, 2.45) is 4.99 Å². The first-order chi connectivity index (χ1) is 14.6. The summed E-state index contributed by atoms with van der Waals surface area (Å²) in [6.45, 7) is 6.27. The fourth-order valence-corrected chi connectivity index (χ4v) is 3.68. The van der Waals surface area contributed by atoms with Crippen LogP contribution < -0.4 is 4.74 Å². The van der Waals surface area contributed by atoms with Gasteiger partial charge in [-0.2, -0.15) is 0 Å². The van der Waals surface area contributed by atoms with Crippen molar-refractivity contribution in [2.45, 2.75) is 26.0 Å². The van der Waals surface area contributed by atoms with Crippen molar-refractivity contribution < 1.29 is 14.3 Å². The van der Waals surface area contributed by atoms with Crippen molar-refractivity contribution in [3.63, 3.8) is 0 Å². The molecule has 0 radical (unpaired) electrons. The third-order valence-corrected chi connectivity index (χ3v) is 5.21. The summed E-state index contributed by atoms with van der Waals surface area (Å²) in [6.07, 6.45) is 5.78. The number of aliphatic imine (C=N–C) groups is 1. The molecule has 0 saturated heterocycles. The van der Waals surface area contributed by atoms with E-state index in [-0.39, 0.29) is 0 Å². The first-order valence-corrected chi connectivity index (χ1v) is 9.96. The molecule has 1 atom stereocenters. The number of allylic oxidation sites excluding steroid dienone is 3. The molecule has 0 amide bonds. The zero-order valence-corrected chi connectivity index (χ0v) is 17.3. The van der Waals surface area contributed by atoms with Crippen LogP contribution in [0.2, 0.25) is 0 Å². The summed E-state index contributed by atoms with van der Waals surface area (Å²) < 4.78 is 10.9. The molecule has 3 aromatic rings. The molecule has 0 bridgehead atoms. The standard InChI is InChI=1S/C26H25NO3/c1-4-5-19-13-23(20-8-11-25-21(15-20)12-17(2)30-25)26(28)24(14-19)27-16-18-6-9-22(29-3)10-7-18/h4,6-15,26,28H,1,5,16H2,2-3H3/b27-24+. The highest BCUT2D eigenvalue weighted by Gasteiger charge is 2.23. The van der Waals surface area contributed by atoms with E-state index < -0.39 is 6.10 Å². The van der Waals surface area contributed by atoms with Crippen molar-refractivity contribution in [3.8, 4) is 5.75 Å². The van der Waals surface area contributed by atoms with E-state index in [9.17, 15) is 5.11 Å². The number of furan rings is 1. The number of rotatable bonds is 6. The average molecular weight is 399 g/mol. The maximum Gasteiger partial charge on any atom is 0.134 e. The van der Waals surface area contributed by atoms with E-state index in [4.69, 9.17) is 14.1 Å². The lowest BCUT2D eigenvalue weighted by molar-refractivity contribution is 0.297. The normalized spacial score (nSPS) is 17.7. The summed E-state index contributed by atoms with van der Waals surface area (Å²) in [7, 11) is 1.65. The Morgan fingerprint density at radius 1 is 1.13 bits per heavy atom. The molecule has 1 heterocycles. The SMILES string of the molecule is C=CCC1=C/C(=N\Cc2ccc(OC)cc2)C(O)C(c2ccc3oc(C)cc3c2)=C1. The van der Waals surface area contributed by atoms with Crippen molar-refractivity contribution in [3.05, 3.63) is 95.8 Å². The van der Waals surface area contributed by atoms with Crippen molar-refractivity contribution in [1.29, 1.82) is 0 Å². The van der Waals surface area contributed by atoms with Crippen LogP contribution in [-0.4, -0.2) is 24.0 Å². The van der Waals surface area contributed by atoms with Crippen LogP contribution in [0, 0.1) is 6.92 Å². The van der Waals surface area contributed by atoms with E-state index in [1.807, 2.05) is 67.6 Å². The van der Waals surface area contributed by atoms with E-state index in [0.717, 1.165) is 44.8 Å². The largest absolute Gasteiger partial charge is 0.497 e. The summed E-state index contributed by atoms with van der Waals surface area (Å²) >= 11 is 0. The van der Waals surface area contributed by atoms with Crippen LogP contribution in [0.1, 0.15) is 23.3 Å². The summed E-state index contributed by atoms with van der Waals surface area (Å²) in [5, 5.41) is 12.1. The molecule has 4 heteroatoms. The van der Waals surface area contributed by atoms with Gasteiger partial charge in [0.25, 0.3) is 0 Å². The highest BCUT2D eigenvalue weighted by Crippen LogP contribution is 2.31. The van der Waals surface area contributed by atoms with E-state index in [2.05, 4.69) is 12.6 Å². The molecule has 1 unspecified atom stereocenters. The number of ether oxygens (including phenoxy) is 1. The van der Waals surface area contributed by atoms with E-state index >= 15 is 0 Å². The molecule has 1 aliphatic rings. The Morgan fingerprint density at radius 2 is 1.93 bits per heavy atom. The van der Waals surface area contributed by atoms with Gasteiger partial charge in [0.2, 0.25) is 0 Å². The van der Waals surface area contributed by atoms with Gasteiger partial charge in [-0.25, -0.2) is 0 Å². The molecular weight excluding hydrogens is 374 g/mol. The first-order valence-electron chi connectivity index (χ1n) is 9.96. The molecule has 0 spiro atoms. The van der Waals surface area contributed by atoms with Crippen LogP contribution in [0.3, 0.4) is 0 Å². The zero-order chi connectivity index (χ0) is 21.1. The van der Waals surface area contributed by atoms with Crippen molar-refractivity contribution in [1.82, 2.24) is 0 Å². The van der Waals surface area contributed by atoms with Gasteiger partial charge in [-0.05, 0) is 72.0 Å². The predicted molar refractivity (Wildman–Crippen MR) is 122 cm³/mol. The second-order valence-corrected chi connectivity index (χ2v) is 7.41. The minimum Gasteiger partial charge on any atom is -0.497 e. The quantitative estimate of drug-likeness (QED) is 0.545. The molecule has 4 rings (SSSR count). The van der Waals surface area contributed by atoms with Gasteiger partial charge in [0.05, 0.1) is 19.4 Å². The Balaban J connectivity index is 1.66. The lowest BCUT2D eigenvalue weighted by Crippen LogP contribution is -2.24. The van der Waals surface area contributed by atoms with Gasteiger partial charge in [0.1, 0.15) is 23.2 Å². The number of aliphatic hydroxyl groups is 1. The van der Waals surface area contributed by atoms with E-state index in [0.29, 0.717) is 18.7 Å². The summed E-state index contributed by atoms with van der Waals surface area (Å²) in [5.74, 6) is 1.68. The number of methoxy groups -OCH3 is 1. The minimum atomic E-state index is -0.790. The van der Waals surface area contributed by atoms with Gasteiger partial charge in [0, 0.05) is 5.39 Å². The van der Waals surface area contributed by atoms with Gasteiger partial charge in [0.15, 0.2) is 0 Å². The molecule has 30 heavy (non-hydrogen) atoms. The zero-order valence-electron chi connectivity index (χ0n) is 17.3. The number of benzene rings is 2. The van der Waals surface area contributed by atoms with Crippen LogP contribution in [0.15, 0.2) is 88.3 Å². The van der Waals surface area contributed by atoms with Crippen LogP contribution in [0.5, 0.6) is 5.75 Å². The second kappa shape index (κ2) is 8.56. The topological polar surface area (TPSA) is 55.0 Å². The highest BCUT2D eigenvalue weighted by molar-refractivity contribution is 6.09. The van der Waals surface area contributed by atoms with E-state index in [1.54, 1.807) is 7.11 Å². The minimum absolute atomic E-state index is 0.488. The Labute approximate surface area is 176 Å². The number of hydrogen-bond acceptors (Lipinski definition) is 4. The van der Waals surface area contributed by atoms with Gasteiger partial charge < -0.3 is 14.3 Å². The number of aryl methyl sites for hydroxylation is 1. The predicted octanol–water partition coefficient (Wildman–Crippen LogP) is 5.65. The van der Waals surface area contributed by atoms with Gasteiger partial charge in [-0.1, -0.05) is 30.4 Å². The Hall–Kier alpha value is -3.37. The van der Waals surface area contributed by atoms with Gasteiger partial charge in [-0.3, -0.25) is 4.99 Å². The number of fused-ring (bicyclic) bond motifs is 1. The van der Waals surface area contributed by atoms with Crippen LogP contribution in [-0.2, 0) is 6.54 Å².